The van der Waals surface area contributed by atoms with Gasteiger partial charge in [-0.3, -0.25) is 9.52 Å². The molecule has 0 unspecified atom stereocenters. The van der Waals surface area contributed by atoms with Crippen LogP contribution >= 0.6 is 34.8 Å². The predicted molar refractivity (Wildman–Crippen MR) is 129 cm³/mol. The van der Waals surface area contributed by atoms with Crippen molar-refractivity contribution in [3.8, 4) is 5.75 Å². The molecule has 0 aromatic heterocycles. The van der Waals surface area contributed by atoms with Crippen LogP contribution in [0.1, 0.15) is 11.1 Å². The molecule has 0 heterocycles. The highest BCUT2D eigenvalue weighted by Gasteiger charge is 2.16. The van der Waals surface area contributed by atoms with Gasteiger partial charge in [-0.1, -0.05) is 52.5 Å². The van der Waals surface area contributed by atoms with Gasteiger partial charge in [-0.25, -0.2) is 8.42 Å². The second kappa shape index (κ2) is 10.0. The molecule has 0 spiro atoms. The summed E-state index contributed by atoms with van der Waals surface area (Å²) in [7, 11) is -3.77. The number of halogens is 3. The lowest BCUT2D eigenvalue weighted by molar-refractivity contribution is -0.118. The largest absolute Gasteiger partial charge is 0.483 e. The summed E-state index contributed by atoms with van der Waals surface area (Å²) >= 11 is 17.9. The molecule has 0 saturated heterocycles. The van der Waals surface area contributed by atoms with Gasteiger partial charge < -0.3 is 10.1 Å². The molecule has 0 aliphatic rings. The zero-order chi connectivity index (χ0) is 23.5. The average molecular weight is 514 g/mol. The van der Waals surface area contributed by atoms with Crippen LogP contribution in [0, 0.1) is 13.8 Å². The van der Waals surface area contributed by atoms with Crippen molar-refractivity contribution in [1.82, 2.24) is 0 Å². The molecular weight excluding hydrogens is 495 g/mol. The lowest BCUT2D eigenvalue weighted by atomic mass is 10.2. The first-order valence-corrected chi connectivity index (χ1v) is 11.9. The van der Waals surface area contributed by atoms with Gasteiger partial charge in [-0.05, 0) is 61.9 Å². The van der Waals surface area contributed by atoms with E-state index < -0.39 is 15.9 Å². The number of amides is 1. The first kappa shape index (κ1) is 24.2. The van der Waals surface area contributed by atoms with E-state index in [1.807, 2.05) is 19.1 Å². The SMILES string of the molecule is Cc1ccc(NS(=O)(=O)c2ccc(OCC(=O)Nc3cc(Cl)c(Cl)cc3Cl)c(C)c2)cc1. The second-order valence-corrected chi connectivity index (χ2v) is 9.89. The Labute approximate surface area is 201 Å². The van der Waals surface area contributed by atoms with Crippen molar-refractivity contribution in [2.24, 2.45) is 0 Å². The van der Waals surface area contributed by atoms with Gasteiger partial charge in [-0.15, -0.1) is 0 Å². The first-order valence-electron chi connectivity index (χ1n) is 9.32. The minimum absolute atomic E-state index is 0.0787. The molecule has 10 heteroatoms. The lowest BCUT2D eigenvalue weighted by Crippen LogP contribution is -2.20. The van der Waals surface area contributed by atoms with Gasteiger partial charge in [0.2, 0.25) is 0 Å². The van der Waals surface area contributed by atoms with Crippen molar-refractivity contribution in [3.05, 3.63) is 80.8 Å². The maximum atomic E-state index is 12.7. The number of nitrogens with one attached hydrogen (secondary N) is 2. The molecule has 0 aliphatic carbocycles. The highest BCUT2D eigenvalue weighted by Crippen LogP contribution is 2.32. The first-order chi connectivity index (χ1) is 15.0. The third-order valence-electron chi connectivity index (χ3n) is 4.40. The Hall–Kier alpha value is -2.45. The van der Waals surface area contributed by atoms with E-state index in [1.165, 1.54) is 30.3 Å². The van der Waals surface area contributed by atoms with E-state index in [2.05, 4.69) is 10.0 Å². The molecule has 3 aromatic carbocycles. The van der Waals surface area contributed by atoms with Crippen molar-refractivity contribution >= 4 is 62.1 Å². The number of carbonyl (C=O) groups excluding carboxylic acids is 1. The second-order valence-electron chi connectivity index (χ2n) is 6.98. The minimum Gasteiger partial charge on any atom is -0.483 e. The van der Waals surface area contributed by atoms with Crippen LogP contribution in [0.5, 0.6) is 5.75 Å². The Morgan fingerprint density at radius 3 is 2.22 bits per heavy atom. The number of carbonyl (C=O) groups is 1. The van der Waals surface area contributed by atoms with Crippen LogP contribution < -0.4 is 14.8 Å². The Balaban J connectivity index is 1.65. The van der Waals surface area contributed by atoms with Crippen LogP contribution in [-0.2, 0) is 14.8 Å². The fourth-order valence-corrected chi connectivity index (χ4v) is 4.47. The standard InChI is InChI=1S/C22H19Cl3N2O4S/c1-13-3-5-15(6-4-13)27-32(29,30)16-7-8-21(14(2)9-16)31-12-22(28)26-20-11-18(24)17(23)10-19(20)25/h3-11,27H,12H2,1-2H3,(H,26,28). The molecule has 3 rings (SSSR count). The summed E-state index contributed by atoms with van der Waals surface area (Å²) in [6.07, 6.45) is 0. The topological polar surface area (TPSA) is 84.5 Å². The Bertz CT molecular complexity index is 1260. The molecule has 0 atom stereocenters. The molecule has 168 valence electrons. The van der Waals surface area contributed by atoms with Gasteiger partial charge >= 0.3 is 0 Å². The Morgan fingerprint density at radius 1 is 0.906 bits per heavy atom. The molecule has 0 radical (unpaired) electrons. The third kappa shape index (κ3) is 6.07. The quantitative estimate of drug-likeness (QED) is 0.375. The van der Waals surface area contributed by atoms with Crippen LogP contribution in [0.15, 0.2) is 59.5 Å². The van der Waals surface area contributed by atoms with Crippen molar-refractivity contribution < 1.29 is 17.9 Å². The summed E-state index contributed by atoms with van der Waals surface area (Å²) in [5, 5.41) is 3.35. The Morgan fingerprint density at radius 2 is 1.56 bits per heavy atom. The van der Waals surface area contributed by atoms with E-state index in [0.29, 0.717) is 22.7 Å². The molecule has 32 heavy (non-hydrogen) atoms. The monoisotopic (exact) mass is 512 g/mol. The number of aryl methyl sites for hydroxylation is 2. The maximum absolute atomic E-state index is 12.7. The number of anilines is 2. The van der Waals surface area contributed by atoms with Gasteiger partial charge in [0.15, 0.2) is 6.61 Å². The van der Waals surface area contributed by atoms with Crippen LogP contribution in [0.2, 0.25) is 15.1 Å². The zero-order valence-electron chi connectivity index (χ0n) is 17.1. The van der Waals surface area contributed by atoms with Crippen LogP contribution in [0.4, 0.5) is 11.4 Å². The summed E-state index contributed by atoms with van der Waals surface area (Å²) < 4.78 is 33.4. The molecule has 0 bridgehead atoms. The smallest absolute Gasteiger partial charge is 0.262 e. The molecule has 2 N–H and O–H groups in total. The van der Waals surface area contributed by atoms with Crippen molar-refractivity contribution in [3.63, 3.8) is 0 Å². The van der Waals surface area contributed by atoms with Gasteiger partial charge in [-0.2, -0.15) is 0 Å². The van der Waals surface area contributed by atoms with Gasteiger partial charge in [0, 0.05) is 5.69 Å². The predicted octanol–water partition coefficient (Wildman–Crippen LogP) is 6.08. The van der Waals surface area contributed by atoms with E-state index in [1.54, 1.807) is 19.1 Å². The van der Waals surface area contributed by atoms with E-state index in [0.717, 1.165) is 5.56 Å². The fraction of sp³-hybridized carbons (Fsp3) is 0.136. The number of sulfonamides is 1. The summed E-state index contributed by atoms with van der Waals surface area (Å²) in [6.45, 7) is 3.29. The number of hydrogen-bond acceptors (Lipinski definition) is 4. The van der Waals surface area contributed by atoms with E-state index in [4.69, 9.17) is 39.5 Å². The highest BCUT2D eigenvalue weighted by atomic mass is 35.5. The number of rotatable bonds is 7. The van der Waals surface area contributed by atoms with Crippen LogP contribution in [0.3, 0.4) is 0 Å². The van der Waals surface area contributed by atoms with Gasteiger partial charge in [0.05, 0.1) is 25.7 Å². The molecule has 3 aromatic rings. The summed E-state index contributed by atoms with van der Waals surface area (Å²) in [5.41, 5.74) is 2.34. The summed E-state index contributed by atoms with van der Waals surface area (Å²) in [4.78, 5) is 12.3. The third-order valence-corrected chi connectivity index (χ3v) is 6.82. The van der Waals surface area contributed by atoms with Crippen LogP contribution in [0.25, 0.3) is 0 Å². The van der Waals surface area contributed by atoms with E-state index in [-0.39, 0.29) is 26.6 Å². The summed E-state index contributed by atoms with van der Waals surface area (Å²) in [5.74, 6) is -0.0999. The highest BCUT2D eigenvalue weighted by molar-refractivity contribution is 7.92. The van der Waals surface area contributed by atoms with Crippen molar-refractivity contribution in [2.45, 2.75) is 18.7 Å². The lowest BCUT2D eigenvalue weighted by Gasteiger charge is -2.13. The van der Waals surface area contributed by atoms with E-state index >= 15 is 0 Å². The average Bonchev–Trinajstić information content (AvgIpc) is 2.72. The normalized spacial score (nSPS) is 11.2. The Kier molecular flexibility index (Phi) is 7.56. The molecule has 6 nitrogen and oxygen atoms in total. The molecule has 0 saturated carbocycles. The molecule has 0 aliphatic heterocycles. The maximum Gasteiger partial charge on any atom is 0.262 e. The van der Waals surface area contributed by atoms with Gasteiger partial charge in [0.1, 0.15) is 5.75 Å². The van der Waals surface area contributed by atoms with Crippen molar-refractivity contribution in [2.75, 3.05) is 16.6 Å². The number of ether oxygens (including phenoxy) is 1. The van der Waals surface area contributed by atoms with Gasteiger partial charge in [0.25, 0.3) is 15.9 Å². The minimum atomic E-state index is -3.77. The molecule has 0 fully saturated rings. The van der Waals surface area contributed by atoms with Crippen LogP contribution in [-0.4, -0.2) is 20.9 Å². The van der Waals surface area contributed by atoms with E-state index in [9.17, 15) is 13.2 Å². The molecular formula is C22H19Cl3N2O4S. The zero-order valence-corrected chi connectivity index (χ0v) is 20.2. The van der Waals surface area contributed by atoms with Crippen molar-refractivity contribution in [1.29, 1.82) is 0 Å². The fourth-order valence-electron chi connectivity index (χ4n) is 2.73. The summed E-state index contributed by atoms with van der Waals surface area (Å²) in [6, 6.07) is 14.3. The number of hydrogen-bond donors (Lipinski definition) is 2. The molecule has 1 amide bonds. The number of benzene rings is 3.